The highest BCUT2D eigenvalue weighted by Crippen LogP contribution is 2.21. The fraction of sp³-hybridized carbons (Fsp3) is 0.316. The summed E-state index contributed by atoms with van der Waals surface area (Å²) in [6.45, 7) is 7.45. The van der Waals surface area contributed by atoms with Crippen molar-refractivity contribution in [1.29, 1.82) is 0 Å². The van der Waals surface area contributed by atoms with Crippen LogP contribution in [0.15, 0.2) is 35.1 Å². The van der Waals surface area contributed by atoms with E-state index >= 15 is 0 Å². The van der Waals surface area contributed by atoms with E-state index in [1.165, 1.54) is 0 Å². The lowest BCUT2D eigenvalue weighted by Gasteiger charge is -2.18. The van der Waals surface area contributed by atoms with E-state index in [2.05, 4.69) is 23.7 Å². The molecule has 1 aromatic heterocycles. The number of hydrogen-bond acceptors (Lipinski definition) is 3. The normalized spacial score (nSPS) is 11.6. The zero-order chi connectivity index (χ0) is 18.0. The highest BCUT2D eigenvalue weighted by molar-refractivity contribution is 5.92. The van der Waals surface area contributed by atoms with Gasteiger partial charge in [-0.25, -0.2) is 8.78 Å². The molecule has 1 heterocycles. The highest BCUT2D eigenvalue weighted by atomic mass is 19.2. The molecule has 0 aliphatic carbocycles. The van der Waals surface area contributed by atoms with Gasteiger partial charge in [-0.05, 0) is 31.3 Å². The predicted molar refractivity (Wildman–Crippen MR) is 95.3 cm³/mol. The number of hydrogen-bond donors (Lipinski definition) is 1. The molecule has 6 heteroatoms. The predicted octanol–water partition coefficient (Wildman–Crippen LogP) is 3.68. The number of nitrogens with one attached hydrogen (secondary N) is 1. The third-order valence-electron chi connectivity index (χ3n) is 4.38. The Hall–Kier alpha value is -2.47. The van der Waals surface area contributed by atoms with E-state index in [9.17, 15) is 13.6 Å². The largest absolute Gasteiger partial charge is 0.492 e. The fourth-order valence-electron chi connectivity index (χ4n) is 2.88. The van der Waals surface area contributed by atoms with Crippen LogP contribution in [0.2, 0.25) is 0 Å². The third-order valence-corrected chi connectivity index (χ3v) is 4.38. The summed E-state index contributed by atoms with van der Waals surface area (Å²) in [6.07, 6.45) is 0. The molecule has 0 radical (unpaired) electrons. The first-order chi connectivity index (χ1) is 12.0. The van der Waals surface area contributed by atoms with Crippen LogP contribution < -0.4 is 10.2 Å². The van der Waals surface area contributed by atoms with Crippen molar-refractivity contribution >= 4 is 21.8 Å². The lowest BCUT2D eigenvalue weighted by Crippen LogP contribution is -2.27. The van der Waals surface area contributed by atoms with Gasteiger partial charge in [-0.15, -0.1) is 0 Å². The molecule has 0 saturated carbocycles. The summed E-state index contributed by atoms with van der Waals surface area (Å²) >= 11 is 0. The molecule has 0 spiro atoms. The van der Waals surface area contributed by atoms with Crippen LogP contribution in [0, 0.1) is 11.6 Å². The minimum atomic E-state index is -1.03. The molecule has 3 rings (SSSR count). The van der Waals surface area contributed by atoms with Gasteiger partial charge in [0.1, 0.15) is 12.4 Å². The summed E-state index contributed by atoms with van der Waals surface area (Å²) in [4.78, 5) is 17.7. The molecule has 3 aromatic rings. The van der Waals surface area contributed by atoms with Gasteiger partial charge in [-0.1, -0.05) is 13.8 Å². The zero-order valence-electron chi connectivity index (χ0n) is 14.2. The van der Waals surface area contributed by atoms with Crippen molar-refractivity contribution in [1.82, 2.24) is 9.88 Å². The molecule has 0 amide bonds. The average Bonchev–Trinajstić information content (AvgIpc) is 2.61. The smallest absolute Gasteiger partial charge is 0.197 e. The van der Waals surface area contributed by atoms with Crippen molar-refractivity contribution in [2.24, 2.45) is 0 Å². The van der Waals surface area contributed by atoms with Crippen LogP contribution in [0.4, 0.5) is 8.78 Å². The Morgan fingerprint density at radius 1 is 1.00 bits per heavy atom. The number of halogens is 2. The second kappa shape index (κ2) is 7.19. The van der Waals surface area contributed by atoms with Gasteiger partial charge in [-0.3, -0.25) is 4.79 Å². The number of aromatic amines is 1. The van der Waals surface area contributed by atoms with E-state index in [-0.39, 0.29) is 16.3 Å². The molecule has 0 unspecified atom stereocenters. The number of aromatic nitrogens is 1. The Balaban J connectivity index is 1.93. The van der Waals surface area contributed by atoms with E-state index in [1.807, 2.05) is 0 Å². The zero-order valence-corrected chi connectivity index (χ0v) is 14.2. The average molecular weight is 346 g/mol. The molecule has 0 fully saturated rings. The van der Waals surface area contributed by atoms with Gasteiger partial charge < -0.3 is 14.6 Å². The molecule has 4 nitrogen and oxygen atoms in total. The van der Waals surface area contributed by atoms with Crippen molar-refractivity contribution in [3.05, 3.63) is 52.2 Å². The van der Waals surface area contributed by atoms with Crippen LogP contribution in [0.5, 0.6) is 5.75 Å². The first-order valence-corrected chi connectivity index (χ1v) is 8.33. The molecule has 132 valence electrons. The fourth-order valence-corrected chi connectivity index (χ4v) is 2.88. The van der Waals surface area contributed by atoms with Crippen LogP contribution in [0.25, 0.3) is 21.8 Å². The van der Waals surface area contributed by atoms with E-state index in [0.717, 1.165) is 31.8 Å². The van der Waals surface area contributed by atoms with Gasteiger partial charge in [0.25, 0.3) is 0 Å². The Labute approximate surface area is 144 Å². The van der Waals surface area contributed by atoms with Crippen LogP contribution in [0.3, 0.4) is 0 Å². The summed E-state index contributed by atoms with van der Waals surface area (Å²) in [5.74, 6) is -1.40. The number of rotatable bonds is 6. The molecule has 0 aliphatic rings. The SMILES string of the molecule is CCN(CC)CCOc1ccc2c(=O)c3cc(F)c(F)cc3[nH]c2c1. The minimum Gasteiger partial charge on any atom is -0.492 e. The van der Waals surface area contributed by atoms with Crippen LogP contribution in [-0.4, -0.2) is 36.1 Å². The van der Waals surface area contributed by atoms with Crippen molar-refractivity contribution in [3.8, 4) is 5.75 Å². The van der Waals surface area contributed by atoms with Gasteiger partial charge in [0.2, 0.25) is 0 Å². The van der Waals surface area contributed by atoms with E-state index < -0.39 is 11.6 Å². The molecule has 2 aromatic carbocycles. The molecular formula is C19H20F2N2O2. The first-order valence-electron chi connectivity index (χ1n) is 8.33. The van der Waals surface area contributed by atoms with Gasteiger partial charge >= 0.3 is 0 Å². The number of fused-ring (bicyclic) bond motifs is 2. The second-order valence-corrected chi connectivity index (χ2v) is 5.85. The molecule has 0 atom stereocenters. The van der Waals surface area contributed by atoms with Crippen molar-refractivity contribution in [2.45, 2.75) is 13.8 Å². The lowest BCUT2D eigenvalue weighted by atomic mass is 10.1. The Morgan fingerprint density at radius 2 is 1.68 bits per heavy atom. The number of ether oxygens (including phenoxy) is 1. The standard InChI is InChI=1S/C19H20F2N2O2/c1-3-23(4-2)7-8-25-12-5-6-13-17(9-12)22-18-11-16(21)15(20)10-14(18)19(13)24/h5-6,9-11H,3-4,7-8H2,1-2H3,(H,22,24). The van der Waals surface area contributed by atoms with Crippen LogP contribution in [0.1, 0.15) is 13.8 Å². The maximum absolute atomic E-state index is 13.4. The van der Waals surface area contributed by atoms with E-state index in [4.69, 9.17) is 4.74 Å². The summed E-state index contributed by atoms with van der Waals surface area (Å²) in [6, 6.07) is 6.99. The third kappa shape index (κ3) is 3.49. The molecule has 0 bridgehead atoms. The van der Waals surface area contributed by atoms with Crippen LogP contribution in [-0.2, 0) is 0 Å². The Morgan fingerprint density at radius 3 is 2.40 bits per heavy atom. The van der Waals surface area contributed by atoms with Gasteiger partial charge in [-0.2, -0.15) is 0 Å². The number of benzene rings is 2. The lowest BCUT2D eigenvalue weighted by molar-refractivity contribution is 0.223. The summed E-state index contributed by atoms with van der Waals surface area (Å²) in [5.41, 5.74) is 0.456. The molecule has 0 saturated heterocycles. The molecule has 0 aliphatic heterocycles. The van der Waals surface area contributed by atoms with Crippen molar-refractivity contribution in [3.63, 3.8) is 0 Å². The molecular weight excluding hydrogens is 326 g/mol. The summed E-state index contributed by atoms with van der Waals surface area (Å²) < 4.78 is 32.6. The Kier molecular flexibility index (Phi) is 4.99. The van der Waals surface area contributed by atoms with Gasteiger partial charge in [0.05, 0.1) is 11.0 Å². The van der Waals surface area contributed by atoms with Gasteiger partial charge in [0, 0.05) is 29.4 Å². The summed E-state index contributed by atoms with van der Waals surface area (Å²) in [5, 5.41) is 0.538. The van der Waals surface area contributed by atoms with Gasteiger partial charge in [0.15, 0.2) is 17.1 Å². The van der Waals surface area contributed by atoms with E-state index in [0.29, 0.717) is 23.3 Å². The van der Waals surface area contributed by atoms with Crippen molar-refractivity contribution in [2.75, 3.05) is 26.2 Å². The number of nitrogens with zero attached hydrogens (tertiary/aromatic N) is 1. The summed E-state index contributed by atoms with van der Waals surface area (Å²) in [7, 11) is 0. The number of pyridine rings is 1. The maximum Gasteiger partial charge on any atom is 0.197 e. The number of likely N-dealkylation sites (N-methyl/N-ethyl adjacent to an activating group) is 1. The monoisotopic (exact) mass is 346 g/mol. The Bertz CT molecular complexity index is 965. The quantitative estimate of drug-likeness (QED) is 0.693. The van der Waals surface area contributed by atoms with Crippen molar-refractivity contribution < 1.29 is 13.5 Å². The molecule has 1 N–H and O–H groups in total. The number of H-pyrrole nitrogens is 1. The second-order valence-electron chi connectivity index (χ2n) is 5.85. The van der Waals surface area contributed by atoms with Crippen LogP contribution >= 0.6 is 0 Å². The highest BCUT2D eigenvalue weighted by Gasteiger charge is 2.11. The minimum absolute atomic E-state index is 0.126. The topological polar surface area (TPSA) is 45.3 Å². The first kappa shape index (κ1) is 17.4. The van der Waals surface area contributed by atoms with E-state index in [1.54, 1.807) is 18.2 Å². The molecule has 25 heavy (non-hydrogen) atoms. The maximum atomic E-state index is 13.4.